The Morgan fingerprint density at radius 3 is 2.21 bits per heavy atom. The molecule has 0 saturated carbocycles. The maximum absolute atomic E-state index is 12.2. The van der Waals surface area contributed by atoms with Gasteiger partial charge in [-0.1, -0.05) is 15.9 Å². The maximum Gasteiger partial charge on any atom is 0.255 e. The number of amides is 2. The van der Waals surface area contributed by atoms with Crippen LogP contribution in [0.25, 0.3) is 0 Å². The summed E-state index contributed by atoms with van der Waals surface area (Å²) < 4.78 is 6.29. The van der Waals surface area contributed by atoms with Crippen molar-refractivity contribution in [2.24, 2.45) is 0 Å². The SMILES string of the molecule is O=C(Nc1ccc(Br)cc1)c1ccc(NC(=O)[C@H]2CCCO2)cc1. The van der Waals surface area contributed by atoms with Crippen LogP contribution in [0, 0.1) is 0 Å². The molecular weight excluding hydrogens is 372 g/mol. The van der Waals surface area contributed by atoms with Gasteiger partial charge < -0.3 is 15.4 Å². The molecule has 3 rings (SSSR count). The Hall–Kier alpha value is -2.18. The minimum absolute atomic E-state index is 0.139. The second-order valence-electron chi connectivity index (χ2n) is 5.53. The molecule has 1 heterocycles. The van der Waals surface area contributed by atoms with Crippen molar-refractivity contribution >= 4 is 39.1 Å². The Balaban J connectivity index is 1.60. The van der Waals surface area contributed by atoms with Gasteiger partial charge in [0.25, 0.3) is 11.8 Å². The molecule has 5 nitrogen and oxygen atoms in total. The van der Waals surface area contributed by atoms with Crippen molar-refractivity contribution < 1.29 is 14.3 Å². The van der Waals surface area contributed by atoms with E-state index in [0.717, 1.165) is 23.0 Å². The van der Waals surface area contributed by atoms with Crippen molar-refractivity contribution in [1.82, 2.24) is 0 Å². The molecule has 2 aromatic carbocycles. The lowest BCUT2D eigenvalue weighted by Crippen LogP contribution is -2.26. The van der Waals surface area contributed by atoms with Crippen molar-refractivity contribution in [2.45, 2.75) is 18.9 Å². The van der Waals surface area contributed by atoms with E-state index in [-0.39, 0.29) is 17.9 Å². The molecule has 0 aliphatic carbocycles. The minimum atomic E-state index is -0.370. The number of anilines is 2. The van der Waals surface area contributed by atoms with Crippen LogP contribution in [0.5, 0.6) is 0 Å². The van der Waals surface area contributed by atoms with E-state index in [1.165, 1.54) is 0 Å². The van der Waals surface area contributed by atoms with Gasteiger partial charge in [-0.15, -0.1) is 0 Å². The van der Waals surface area contributed by atoms with Crippen molar-refractivity contribution in [3.63, 3.8) is 0 Å². The number of hydrogen-bond acceptors (Lipinski definition) is 3. The van der Waals surface area contributed by atoms with Gasteiger partial charge in [-0.25, -0.2) is 0 Å². The molecule has 0 aromatic heterocycles. The highest BCUT2D eigenvalue weighted by molar-refractivity contribution is 9.10. The third-order valence-electron chi connectivity index (χ3n) is 3.74. The highest BCUT2D eigenvalue weighted by atomic mass is 79.9. The van der Waals surface area contributed by atoms with Gasteiger partial charge in [-0.3, -0.25) is 9.59 Å². The minimum Gasteiger partial charge on any atom is -0.368 e. The molecule has 0 spiro atoms. The number of carbonyl (C=O) groups excluding carboxylic acids is 2. The highest BCUT2D eigenvalue weighted by Gasteiger charge is 2.23. The molecule has 2 amide bonds. The molecule has 1 fully saturated rings. The fourth-order valence-corrected chi connectivity index (χ4v) is 2.71. The lowest BCUT2D eigenvalue weighted by molar-refractivity contribution is -0.124. The Morgan fingerprint density at radius 1 is 0.958 bits per heavy atom. The van der Waals surface area contributed by atoms with Crippen LogP contribution in [0.1, 0.15) is 23.2 Å². The summed E-state index contributed by atoms with van der Waals surface area (Å²) in [6.45, 7) is 0.632. The van der Waals surface area contributed by atoms with Gasteiger partial charge in [0.2, 0.25) is 0 Å². The number of nitrogens with one attached hydrogen (secondary N) is 2. The van der Waals surface area contributed by atoms with Gasteiger partial charge in [0.15, 0.2) is 0 Å². The molecule has 1 saturated heterocycles. The van der Waals surface area contributed by atoms with E-state index < -0.39 is 0 Å². The van der Waals surface area contributed by atoms with Crippen LogP contribution in [0.4, 0.5) is 11.4 Å². The monoisotopic (exact) mass is 388 g/mol. The topological polar surface area (TPSA) is 67.4 Å². The summed E-state index contributed by atoms with van der Waals surface area (Å²) in [4.78, 5) is 24.2. The van der Waals surface area contributed by atoms with E-state index in [1.807, 2.05) is 24.3 Å². The number of hydrogen-bond donors (Lipinski definition) is 2. The molecule has 0 radical (unpaired) electrons. The van der Waals surface area contributed by atoms with Crippen LogP contribution in [0.15, 0.2) is 53.0 Å². The van der Waals surface area contributed by atoms with E-state index in [1.54, 1.807) is 24.3 Å². The predicted molar refractivity (Wildman–Crippen MR) is 96.1 cm³/mol. The van der Waals surface area contributed by atoms with Crippen molar-refractivity contribution in [2.75, 3.05) is 17.2 Å². The van der Waals surface area contributed by atoms with Crippen LogP contribution >= 0.6 is 15.9 Å². The first kappa shape index (κ1) is 16.7. The lowest BCUT2D eigenvalue weighted by Gasteiger charge is -2.11. The normalized spacial score (nSPS) is 16.6. The van der Waals surface area contributed by atoms with Gasteiger partial charge in [-0.2, -0.15) is 0 Å². The number of carbonyl (C=O) groups is 2. The average Bonchev–Trinajstić information content (AvgIpc) is 3.12. The molecule has 124 valence electrons. The molecular formula is C18H17BrN2O3. The molecule has 6 heteroatoms. The number of rotatable bonds is 4. The van der Waals surface area contributed by atoms with Crippen LogP contribution in [0.2, 0.25) is 0 Å². The fraction of sp³-hybridized carbons (Fsp3) is 0.222. The van der Waals surface area contributed by atoms with E-state index in [2.05, 4.69) is 26.6 Å². The zero-order valence-electron chi connectivity index (χ0n) is 12.9. The Labute approximate surface area is 148 Å². The largest absolute Gasteiger partial charge is 0.368 e. The molecule has 0 bridgehead atoms. The molecule has 1 aliphatic heterocycles. The highest BCUT2D eigenvalue weighted by Crippen LogP contribution is 2.17. The number of halogens is 1. The summed E-state index contributed by atoms with van der Waals surface area (Å²) in [5, 5.41) is 5.63. The second-order valence-corrected chi connectivity index (χ2v) is 6.44. The van der Waals surface area contributed by atoms with Crippen molar-refractivity contribution in [1.29, 1.82) is 0 Å². The number of benzene rings is 2. The molecule has 24 heavy (non-hydrogen) atoms. The van der Waals surface area contributed by atoms with Crippen LogP contribution in [0.3, 0.4) is 0 Å². The molecule has 2 aromatic rings. The van der Waals surface area contributed by atoms with E-state index >= 15 is 0 Å². The maximum atomic E-state index is 12.2. The fourth-order valence-electron chi connectivity index (χ4n) is 2.45. The summed E-state index contributed by atoms with van der Waals surface area (Å²) >= 11 is 3.35. The standard InChI is InChI=1S/C18H17BrN2O3/c19-13-5-9-15(10-6-13)20-17(22)12-3-7-14(8-4-12)21-18(23)16-2-1-11-24-16/h3-10,16H,1-2,11H2,(H,20,22)(H,21,23)/t16-/m1/s1. The Bertz CT molecular complexity index is 723. The first-order chi connectivity index (χ1) is 11.6. The second kappa shape index (κ2) is 7.59. The van der Waals surface area contributed by atoms with Gasteiger partial charge in [0, 0.05) is 28.0 Å². The van der Waals surface area contributed by atoms with E-state index in [9.17, 15) is 9.59 Å². The van der Waals surface area contributed by atoms with Crippen LogP contribution < -0.4 is 10.6 Å². The van der Waals surface area contributed by atoms with E-state index in [0.29, 0.717) is 17.9 Å². The summed E-state index contributed by atoms with van der Waals surface area (Å²) in [7, 11) is 0. The third kappa shape index (κ3) is 4.21. The molecule has 0 unspecified atom stereocenters. The van der Waals surface area contributed by atoms with E-state index in [4.69, 9.17) is 4.74 Å². The molecule has 1 atom stereocenters. The zero-order chi connectivity index (χ0) is 16.9. The predicted octanol–water partition coefficient (Wildman–Crippen LogP) is 3.82. The molecule has 1 aliphatic rings. The van der Waals surface area contributed by atoms with Crippen molar-refractivity contribution in [3.8, 4) is 0 Å². The first-order valence-electron chi connectivity index (χ1n) is 7.71. The quantitative estimate of drug-likeness (QED) is 0.836. The zero-order valence-corrected chi connectivity index (χ0v) is 14.5. The van der Waals surface area contributed by atoms with Gasteiger partial charge in [0.05, 0.1) is 0 Å². The first-order valence-corrected chi connectivity index (χ1v) is 8.50. The van der Waals surface area contributed by atoms with Crippen LogP contribution in [-0.4, -0.2) is 24.5 Å². The summed E-state index contributed by atoms with van der Waals surface area (Å²) in [5.74, 6) is -0.339. The summed E-state index contributed by atoms with van der Waals surface area (Å²) in [6.07, 6.45) is 1.29. The van der Waals surface area contributed by atoms with Gasteiger partial charge in [-0.05, 0) is 61.4 Å². The van der Waals surface area contributed by atoms with Crippen LogP contribution in [-0.2, 0) is 9.53 Å². The Morgan fingerprint density at radius 2 is 1.58 bits per heavy atom. The Kier molecular flexibility index (Phi) is 5.27. The lowest BCUT2D eigenvalue weighted by atomic mass is 10.1. The number of ether oxygens (including phenoxy) is 1. The third-order valence-corrected chi connectivity index (χ3v) is 4.27. The molecule has 2 N–H and O–H groups in total. The smallest absolute Gasteiger partial charge is 0.255 e. The van der Waals surface area contributed by atoms with Crippen molar-refractivity contribution in [3.05, 3.63) is 58.6 Å². The van der Waals surface area contributed by atoms with Gasteiger partial charge in [0.1, 0.15) is 6.10 Å². The summed E-state index contributed by atoms with van der Waals surface area (Å²) in [6, 6.07) is 14.1. The summed E-state index contributed by atoms with van der Waals surface area (Å²) in [5.41, 5.74) is 1.89. The van der Waals surface area contributed by atoms with Gasteiger partial charge >= 0.3 is 0 Å². The average molecular weight is 389 g/mol.